The van der Waals surface area contributed by atoms with E-state index in [-0.39, 0.29) is 0 Å². The van der Waals surface area contributed by atoms with Gasteiger partial charge in [0.25, 0.3) is 0 Å². The minimum atomic E-state index is -3.67. The van der Waals surface area contributed by atoms with E-state index in [0.717, 1.165) is 13.2 Å². The standard InChI is InChI=1S/C4H8O.Cl2H3O2P/c1-2-4-5-3-1;1-5(2,3)4/h1-4H2;3-5H. The van der Waals surface area contributed by atoms with Gasteiger partial charge < -0.3 is 4.74 Å². The van der Waals surface area contributed by atoms with Gasteiger partial charge in [-0.05, 0) is 12.8 Å². The first-order chi connectivity index (χ1) is 4.50. The fraction of sp³-hybridized carbons (Fsp3) is 1.00. The van der Waals surface area contributed by atoms with Gasteiger partial charge in [0.1, 0.15) is 0 Å². The van der Waals surface area contributed by atoms with Gasteiger partial charge in [0, 0.05) is 13.2 Å². The summed E-state index contributed by atoms with van der Waals surface area (Å²) >= 11 is 9.09. The molecule has 0 bridgehead atoms. The van der Waals surface area contributed by atoms with E-state index in [0.29, 0.717) is 0 Å². The average molecular weight is 209 g/mol. The number of halogens is 2. The molecule has 1 rings (SSSR count). The molecule has 0 radical (unpaired) electrons. The maximum absolute atomic E-state index is 7.75. The molecule has 0 spiro atoms. The van der Waals surface area contributed by atoms with E-state index >= 15 is 0 Å². The van der Waals surface area contributed by atoms with Gasteiger partial charge >= 0.3 is 38.7 Å². The summed E-state index contributed by atoms with van der Waals surface area (Å²) in [5, 5.41) is 0. The van der Waals surface area contributed by atoms with Crippen LogP contribution in [-0.2, 0) is 4.74 Å². The molecule has 0 atom stereocenters. The molecule has 1 aliphatic heterocycles. The fourth-order valence-electron chi connectivity index (χ4n) is 0.510. The summed E-state index contributed by atoms with van der Waals surface area (Å²) in [6.45, 7) is 2.00. The molecule has 0 amide bonds. The van der Waals surface area contributed by atoms with Gasteiger partial charge in [-0.25, -0.2) is 0 Å². The van der Waals surface area contributed by atoms with E-state index in [9.17, 15) is 0 Å². The van der Waals surface area contributed by atoms with Crippen molar-refractivity contribution < 1.29 is 14.5 Å². The van der Waals surface area contributed by atoms with E-state index < -0.39 is 6.42 Å². The Bertz CT molecular complexity index is 67.5. The molecular formula is C4H11Cl2O3P. The van der Waals surface area contributed by atoms with E-state index in [1.54, 1.807) is 0 Å². The second-order valence-electron chi connectivity index (χ2n) is 1.83. The Morgan fingerprint density at radius 1 is 1.10 bits per heavy atom. The van der Waals surface area contributed by atoms with Gasteiger partial charge in [-0.15, -0.1) is 0 Å². The molecule has 1 saturated heterocycles. The van der Waals surface area contributed by atoms with Crippen LogP contribution >= 0.6 is 28.9 Å². The van der Waals surface area contributed by atoms with Crippen molar-refractivity contribution in [2.24, 2.45) is 0 Å². The SMILES string of the molecule is C1CCOC1.O[PH](O)(Cl)Cl. The van der Waals surface area contributed by atoms with Crippen LogP contribution in [0.2, 0.25) is 0 Å². The van der Waals surface area contributed by atoms with Crippen LogP contribution < -0.4 is 0 Å². The van der Waals surface area contributed by atoms with Gasteiger partial charge in [-0.2, -0.15) is 0 Å². The molecule has 1 aliphatic rings. The predicted molar refractivity (Wildman–Crippen MR) is 44.5 cm³/mol. The quantitative estimate of drug-likeness (QED) is 0.596. The number of ether oxygens (including phenoxy) is 1. The first kappa shape index (κ1) is 10.9. The van der Waals surface area contributed by atoms with Crippen molar-refractivity contribution in [3.63, 3.8) is 0 Å². The number of rotatable bonds is 0. The van der Waals surface area contributed by atoms with Crippen LogP contribution in [0.4, 0.5) is 0 Å². The van der Waals surface area contributed by atoms with Crippen LogP contribution in [0.25, 0.3) is 0 Å². The van der Waals surface area contributed by atoms with Crippen LogP contribution in [-0.4, -0.2) is 23.0 Å². The third kappa shape index (κ3) is 16.0. The Labute approximate surface area is 70.0 Å². The number of hydrogen-bond donors (Lipinski definition) is 2. The molecule has 0 aromatic carbocycles. The normalized spacial score (nSPS) is 19.6. The fourth-order valence-corrected chi connectivity index (χ4v) is 0.510. The Balaban J connectivity index is 0.000000162. The van der Waals surface area contributed by atoms with Gasteiger partial charge in [0.15, 0.2) is 0 Å². The second kappa shape index (κ2) is 5.53. The Kier molecular flexibility index (Phi) is 6.02. The molecule has 3 nitrogen and oxygen atoms in total. The molecule has 6 heteroatoms. The van der Waals surface area contributed by atoms with Crippen LogP contribution in [0.1, 0.15) is 12.8 Å². The first-order valence-corrected chi connectivity index (χ1v) is 6.82. The zero-order valence-electron chi connectivity index (χ0n) is 5.39. The maximum atomic E-state index is 7.75. The first-order valence-electron chi connectivity index (χ1n) is 2.90. The van der Waals surface area contributed by atoms with Crippen molar-refractivity contribution in [2.45, 2.75) is 12.8 Å². The second-order valence-corrected chi connectivity index (χ2v) is 6.59. The third-order valence-electron chi connectivity index (χ3n) is 0.827. The van der Waals surface area contributed by atoms with Crippen LogP contribution in [0.3, 0.4) is 0 Å². The van der Waals surface area contributed by atoms with E-state index in [4.69, 9.17) is 14.5 Å². The zero-order valence-corrected chi connectivity index (χ0v) is 7.90. The van der Waals surface area contributed by atoms with Crippen molar-refractivity contribution in [1.82, 2.24) is 0 Å². The molecule has 1 heterocycles. The molecule has 64 valence electrons. The molecule has 0 saturated carbocycles. The summed E-state index contributed by atoms with van der Waals surface area (Å²) in [5.41, 5.74) is 0. The zero-order chi connectivity index (χ0) is 8.04. The van der Waals surface area contributed by atoms with Crippen LogP contribution in [0, 0.1) is 0 Å². The molecule has 0 unspecified atom stereocenters. The van der Waals surface area contributed by atoms with Gasteiger partial charge in [-0.1, -0.05) is 0 Å². The van der Waals surface area contributed by atoms with Gasteiger partial charge in [0.05, 0.1) is 0 Å². The molecule has 10 heavy (non-hydrogen) atoms. The van der Waals surface area contributed by atoms with Crippen molar-refractivity contribution in [3.8, 4) is 0 Å². The van der Waals surface area contributed by atoms with Crippen LogP contribution in [0.5, 0.6) is 0 Å². The molecule has 2 N–H and O–H groups in total. The van der Waals surface area contributed by atoms with E-state index in [2.05, 4.69) is 22.5 Å². The molecule has 0 aromatic heterocycles. The van der Waals surface area contributed by atoms with Crippen molar-refractivity contribution in [1.29, 1.82) is 0 Å². The average Bonchev–Trinajstić information content (AvgIpc) is 2.07. The molecule has 1 fully saturated rings. The summed E-state index contributed by atoms with van der Waals surface area (Å²) in [6, 6.07) is 0. The summed E-state index contributed by atoms with van der Waals surface area (Å²) in [4.78, 5) is 15.5. The summed E-state index contributed by atoms with van der Waals surface area (Å²) in [6.07, 6.45) is -1.11. The molecule has 0 aromatic rings. The Hall–Kier alpha value is 0.890. The van der Waals surface area contributed by atoms with Crippen molar-refractivity contribution >= 4 is 28.9 Å². The third-order valence-corrected chi connectivity index (χ3v) is 0.827. The van der Waals surface area contributed by atoms with Gasteiger partial charge in [-0.3, -0.25) is 0 Å². The number of hydrogen-bond acceptors (Lipinski definition) is 3. The molecular weight excluding hydrogens is 198 g/mol. The minimum absolute atomic E-state index is 1.00. The van der Waals surface area contributed by atoms with Crippen molar-refractivity contribution in [3.05, 3.63) is 0 Å². The Morgan fingerprint density at radius 2 is 1.40 bits per heavy atom. The van der Waals surface area contributed by atoms with Crippen LogP contribution in [0.15, 0.2) is 0 Å². The molecule has 0 aliphatic carbocycles. The Morgan fingerprint density at radius 3 is 1.50 bits per heavy atom. The summed E-state index contributed by atoms with van der Waals surface area (Å²) in [5.74, 6) is 0. The topological polar surface area (TPSA) is 49.7 Å². The monoisotopic (exact) mass is 208 g/mol. The summed E-state index contributed by atoms with van der Waals surface area (Å²) in [7, 11) is 0. The summed E-state index contributed by atoms with van der Waals surface area (Å²) < 4.78 is 4.94. The van der Waals surface area contributed by atoms with Gasteiger partial charge in [0.2, 0.25) is 0 Å². The van der Waals surface area contributed by atoms with E-state index in [1.807, 2.05) is 0 Å². The predicted octanol–water partition coefficient (Wildman–Crippen LogP) is 1.66. The van der Waals surface area contributed by atoms with E-state index in [1.165, 1.54) is 12.8 Å². The van der Waals surface area contributed by atoms with Crippen molar-refractivity contribution in [2.75, 3.05) is 13.2 Å².